The first-order valence-corrected chi connectivity index (χ1v) is 10.3. The minimum absolute atomic E-state index is 0.221. The molecule has 1 aliphatic heterocycles. The summed E-state index contributed by atoms with van der Waals surface area (Å²) >= 11 is 0. The fraction of sp³-hybridized carbons (Fsp3) is 0.333. The van der Waals surface area contributed by atoms with E-state index in [4.69, 9.17) is 4.74 Å². The number of halogens is 1. The van der Waals surface area contributed by atoms with Crippen molar-refractivity contribution in [2.45, 2.75) is 13.2 Å². The van der Waals surface area contributed by atoms with Crippen LogP contribution in [0.5, 0.6) is 5.75 Å². The summed E-state index contributed by atoms with van der Waals surface area (Å²) in [7, 11) is 0. The predicted molar refractivity (Wildman–Crippen MR) is 116 cm³/mol. The van der Waals surface area contributed by atoms with Crippen LogP contribution in [0.15, 0.2) is 60.7 Å². The lowest BCUT2D eigenvalue weighted by molar-refractivity contribution is 0.240. The van der Waals surface area contributed by atoms with Gasteiger partial charge in [0.2, 0.25) is 0 Å². The molecule has 152 valence electrons. The third kappa shape index (κ3) is 5.12. The van der Waals surface area contributed by atoms with E-state index in [9.17, 15) is 4.39 Å². The van der Waals surface area contributed by atoms with Gasteiger partial charge in [0.1, 0.15) is 18.2 Å². The minimum atomic E-state index is -0.232. The topological polar surface area (TPSA) is 36.5 Å². The number of nitrogens with one attached hydrogen (secondary N) is 2. The largest absolute Gasteiger partial charge is 0.488 e. The number of hydrogen-bond donors (Lipinski definition) is 2. The average molecular weight is 394 g/mol. The van der Waals surface area contributed by atoms with Gasteiger partial charge in [-0.05, 0) is 22.9 Å². The first kappa shape index (κ1) is 19.8. The van der Waals surface area contributed by atoms with Crippen molar-refractivity contribution >= 4 is 10.8 Å². The predicted octanol–water partition coefficient (Wildman–Crippen LogP) is 3.55. The molecule has 1 heterocycles. The minimum Gasteiger partial charge on any atom is -0.488 e. The Morgan fingerprint density at radius 3 is 2.62 bits per heavy atom. The van der Waals surface area contributed by atoms with Crippen molar-refractivity contribution in [3.05, 3.63) is 77.6 Å². The first-order valence-electron chi connectivity index (χ1n) is 10.3. The smallest absolute Gasteiger partial charge is 0.129 e. The van der Waals surface area contributed by atoms with Crippen molar-refractivity contribution < 1.29 is 9.13 Å². The zero-order chi connectivity index (χ0) is 19.9. The molecule has 2 N–H and O–H groups in total. The Morgan fingerprint density at radius 1 is 0.966 bits per heavy atom. The van der Waals surface area contributed by atoms with Crippen LogP contribution in [0.4, 0.5) is 4.39 Å². The second kappa shape index (κ2) is 9.83. The van der Waals surface area contributed by atoms with Crippen LogP contribution in [-0.4, -0.2) is 44.2 Å². The summed E-state index contributed by atoms with van der Waals surface area (Å²) in [5, 5.41) is 9.32. The van der Waals surface area contributed by atoms with Crippen molar-refractivity contribution in [1.82, 2.24) is 15.5 Å². The van der Waals surface area contributed by atoms with E-state index in [-0.39, 0.29) is 12.4 Å². The summed E-state index contributed by atoms with van der Waals surface area (Å²) in [5.41, 5.74) is 1.69. The number of benzene rings is 3. The molecule has 29 heavy (non-hydrogen) atoms. The molecule has 0 aromatic heterocycles. The molecule has 0 bridgehead atoms. The van der Waals surface area contributed by atoms with Crippen LogP contribution < -0.4 is 15.4 Å². The molecular weight excluding hydrogens is 365 g/mol. The highest BCUT2D eigenvalue weighted by atomic mass is 19.1. The number of ether oxygens (including phenoxy) is 1. The highest BCUT2D eigenvalue weighted by Gasteiger charge is 2.12. The van der Waals surface area contributed by atoms with Crippen LogP contribution in [0.3, 0.4) is 0 Å². The Hall–Kier alpha value is -2.47. The Bertz CT molecular complexity index is 940. The van der Waals surface area contributed by atoms with Crippen LogP contribution in [0.25, 0.3) is 10.8 Å². The molecular formula is C24H28FN3O. The normalized spacial score (nSPS) is 14.9. The zero-order valence-electron chi connectivity index (χ0n) is 16.7. The van der Waals surface area contributed by atoms with Gasteiger partial charge in [-0.1, -0.05) is 48.5 Å². The van der Waals surface area contributed by atoms with E-state index in [2.05, 4.69) is 33.7 Å². The van der Waals surface area contributed by atoms with E-state index in [1.54, 1.807) is 12.1 Å². The van der Waals surface area contributed by atoms with Gasteiger partial charge in [-0.25, -0.2) is 4.39 Å². The van der Waals surface area contributed by atoms with Crippen molar-refractivity contribution in [2.75, 3.05) is 39.3 Å². The van der Waals surface area contributed by atoms with Gasteiger partial charge in [0.05, 0.1) is 0 Å². The lowest BCUT2D eigenvalue weighted by Gasteiger charge is -2.27. The van der Waals surface area contributed by atoms with Crippen molar-refractivity contribution in [3.8, 4) is 5.75 Å². The van der Waals surface area contributed by atoms with E-state index in [1.807, 2.05) is 24.3 Å². The molecule has 0 aliphatic carbocycles. The third-order valence-electron chi connectivity index (χ3n) is 5.45. The third-order valence-corrected chi connectivity index (χ3v) is 5.45. The SMILES string of the molecule is Fc1ccccc1COc1ccc2ccccc2c1CNCCN1CCNCC1. The Labute approximate surface area is 171 Å². The van der Waals surface area contributed by atoms with E-state index >= 15 is 0 Å². The Balaban J connectivity index is 1.46. The van der Waals surface area contributed by atoms with Gasteiger partial charge >= 0.3 is 0 Å². The summed E-state index contributed by atoms with van der Waals surface area (Å²) in [6.07, 6.45) is 0. The lowest BCUT2D eigenvalue weighted by Crippen LogP contribution is -2.45. The van der Waals surface area contributed by atoms with Gasteiger partial charge in [0.25, 0.3) is 0 Å². The molecule has 1 saturated heterocycles. The van der Waals surface area contributed by atoms with Gasteiger partial charge in [-0.15, -0.1) is 0 Å². The summed E-state index contributed by atoms with van der Waals surface area (Å²) in [6, 6.07) is 19.2. The van der Waals surface area contributed by atoms with Gasteiger partial charge in [0, 0.05) is 56.9 Å². The number of nitrogens with zero attached hydrogens (tertiary/aromatic N) is 1. The monoisotopic (exact) mass is 393 g/mol. The molecule has 1 aliphatic rings. The molecule has 5 heteroatoms. The zero-order valence-corrected chi connectivity index (χ0v) is 16.7. The van der Waals surface area contributed by atoms with Gasteiger partial charge in [-0.3, -0.25) is 4.90 Å². The Kier molecular flexibility index (Phi) is 6.72. The molecule has 1 fully saturated rings. The molecule has 0 amide bonds. The maximum atomic E-state index is 14.0. The van der Waals surface area contributed by atoms with Crippen molar-refractivity contribution in [2.24, 2.45) is 0 Å². The van der Waals surface area contributed by atoms with Crippen LogP contribution in [0.1, 0.15) is 11.1 Å². The molecule has 3 aromatic rings. The van der Waals surface area contributed by atoms with Crippen LogP contribution in [0.2, 0.25) is 0 Å². The number of rotatable bonds is 8. The van der Waals surface area contributed by atoms with Crippen LogP contribution in [-0.2, 0) is 13.2 Å². The number of fused-ring (bicyclic) bond motifs is 1. The van der Waals surface area contributed by atoms with E-state index < -0.39 is 0 Å². The molecule has 0 saturated carbocycles. The fourth-order valence-electron chi connectivity index (χ4n) is 3.79. The second-order valence-corrected chi connectivity index (χ2v) is 7.41. The summed E-state index contributed by atoms with van der Waals surface area (Å²) < 4.78 is 20.0. The lowest BCUT2D eigenvalue weighted by atomic mass is 10.0. The standard InChI is InChI=1S/C24H28FN3O/c25-23-8-4-2-6-20(23)18-29-24-10-9-19-5-1-3-7-21(19)22(24)17-27-13-16-28-14-11-26-12-15-28/h1-10,26-27H,11-18H2. The maximum Gasteiger partial charge on any atom is 0.129 e. The highest BCUT2D eigenvalue weighted by molar-refractivity contribution is 5.87. The molecule has 4 nitrogen and oxygen atoms in total. The maximum absolute atomic E-state index is 14.0. The van der Waals surface area contributed by atoms with E-state index in [0.29, 0.717) is 5.56 Å². The first-order chi connectivity index (χ1) is 14.3. The number of hydrogen-bond acceptors (Lipinski definition) is 4. The van der Waals surface area contributed by atoms with Gasteiger partial charge in [-0.2, -0.15) is 0 Å². The molecule has 0 spiro atoms. The fourth-order valence-corrected chi connectivity index (χ4v) is 3.79. The average Bonchev–Trinajstić information content (AvgIpc) is 2.77. The van der Waals surface area contributed by atoms with Crippen molar-refractivity contribution in [3.63, 3.8) is 0 Å². The Morgan fingerprint density at radius 2 is 1.76 bits per heavy atom. The van der Waals surface area contributed by atoms with Crippen LogP contribution in [0, 0.1) is 5.82 Å². The molecule has 0 unspecified atom stereocenters. The van der Waals surface area contributed by atoms with E-state index in [1.165, 1.54) is 16.8 Å². The summed E-state index contributed by atoms with van der Waals surface area (Å²) in [5.74, 6) is 0.575. The van der Waals surface area contributed by atoms with E-state index in [0.717, 1.165) is 57.1 Å². The quantitative estimate of drug-likeness (QED) is 0.574. The molecule has 0 radical (unpaired) electrons. The second-order valence-electron chi connectivity index (χ2n) is 7.41. The molecule has 3 aromatic carbocycles. The van der Waals surface area contributed by atoms with Gasteiger partial charge in [0.15, 0.2) is 0 Å². The summed E-state index contributed by atoms with van der Waals surface area (Å²) in [4.78, 5) is 2.47. The molecule has 0 atom stereocenters. The van der Waals surface area contributed by atoms with Crippen LogP contribution >= 0.6 is 0 Å². The highest BCUT2D eigenvalue weighted by Crippen LogP contribution is 2.29. The number of piperazine rings is 1. The van der Waals surface area contributed by atoms with Gasteiger partial charge < -0.3 is 15.4 Å². The van der Waals surface area contributed by atoms with Crippen molar-refractivity contribution in [1.29, 1.82) is 0 Å². The molecule has 4 rings (SSSR count). The summed E-state index contributed by atoms with van der Waals surface area (Å²) in [6.45, 7) is 7.25.